The highest BCUT2D eigenvalue weighted by atomic mass is 19.5. The molecule has 0 amide bonds. The second-order valence-corrected chi connectivity index (χ2v) is 4.99. The molecule has 0 atom stereocenters. The van der Waals surface area contributed by atoms with Gasteiger partial charge in [0, 0.05) is 7.11 Å². The van der Waals surface area contributed by atoms with E-state index in [9.17, 15) is 17.3 Å². The molecule has 0 unspecified atom stereocenters. The Kier molecular flexibility index (Phi) is 12.7. The number of hydrogen-bond donors (Lipinski definition) is 0. The molecular weight excluding hydrogens is 261 g/mol. The van der Waals surface area contributed by atoms with Crippen molar-refractivity contribution in [3.8, 4) is 0 Å². The highest BCUT2D eigenvalue weighted by Crippen LogP contribution is 2.08. The second-order valence-electron chi connectivity index (χ2n) is 4.99. The van der Waals surface area contributed by atoms with Crippen LogP contribution in [0, 0.1) is 0 Å². The van der Waals surface area contributed by atoms with E-state index >= 15 is 0 Å². The molecule has 0 aliphatic carbocycles. The van der Waals surface area contributed by atoms with E-state index in [2.05, 4.69) is 20.9 Å². The van der Waals surface area contributed by atoms with Crippen molar-refractivity contribution in [3.63, 3.8) is 0 Å². The van der Waals surface area contributed by atoms with Crippen LogP contribution in [0.4, 0.5) is 17.3 Å². The fourth-order valence-electron chi connectivity index (χ4n) is 1.73. The summed E-state index contributed by atoms with van der Waals surface area (Å²) in [6, 6.07) is 0. The van der Waals surface area contributed by atoms with Gasteiger partial charge in [-0.05, 0) is 12.8 Å². The fourth-order valence-corrected chi connectivity index (χ4v) is 1.73. The number of halogens is 4. The Labute approximate surface area is 114 Å². The largest absolute Gasteiger partial charge is 0.673 e. The number of unbranched alkanes of at least 4 members (excludes halogenated alkanes) is 2. The summed E-state index contributed by atoms with van der Waals surface area (Å²) in [7, 11) is -1.84. The van der Waals surface area contributed by atoms with Crippen LogP contribution in [-0.4, -0.2) is 52.1 Å². The van der Waals surface area contributed by atoms with Crippen LogP contribution in [0.15, 0.2) is 0 Å². The molecule has 0 aromatic rings. The summed E-state index contributed by atoms with van der Waals surface area (Å²) in [5.41, 5.74) is 0. The maximum Gasteiger partial charge on any atom is 0.673 e. The van der Waals surface area contributed by atoms with Gasteiger partial charge in [0.05, 0.1) is 26.7 Å². The van der Waals surface area contributed by atoms with Gasteiger partial charge in [0.2, 0.25) is 0 Å². The third-order valence-corrected chi connectivity index (χ3v) is 2.94. The van der Waals surface area contributed by atoms with Gasteiger partial charge in [-0.3, -0.25) is 0 Å². The van der Waals surface area contributed by atoms with E-state index in [-0.39, 0.29) is 0 Å². The third-order valence-electron chi connectivity index (χ3n) is 2.94. The molecule has 118 valence electrons. The SMILES string of the molecule is CCCC[N+](C)(CCCC)CCOC.F[B-](F)(F)F. The van der Waals surface area contributed by atoms with E-state index in [0.717, 1.165) is 13.2 Å². The molecule has 0 fully saturated rings. The first-order chi connectivity index (χ1) is 8.68. The smallest absolute Gasteiger partial charge is 0.418 e. The minimum Gasteiger partial charge on any atom is -0.418 e. The van der Waals surface area contributed by atoms with Gasteiger partial charge in [-0.15, -0.1) is 0 Å². The molecule has 0 rings (SSSR count). The molecule has 2 nitrogen and oxygen atoms in total. The Morgan fingerprint density at radius 3 is 1.53 bits per heavy atom. The van der Waals surface area contributed by atoms with Crippen LogP contribution >= 0.6 is 0 Å². The Balaban J connectivity index is 0. The molecule has 0 bridgehead atoms. The predicted octanol–water partition coefficient (Wildman–Crippen LogP) is 3.98. The summed E-state index contributed by atoms with van der Waals surface area (Å²) in [5, 5.41) is 0. The van der Waals surface area contributed by atoms with Gasteiger partial charge >= 0.3 is 7.25 Å². The average molecular weight is 289 g/mol. The molecule has 0 saturated heterocycles. The van der Waals surface area contributed by atoms with Gasteiger partial charge < -0.3 is 26.5 Å². The van der Waals surface area contributed by atoms with Crippen LogP contribution in [0.2, 0.25) is 0 Å². The van der Waals surface area contributed by atoms with E-state index in [0.29, 0.717) is 0 Å². The zero-order valence-electron chi connectivity index (χ0n) is 12.6. The molecule has 0 spiro atoms. The summed E-state index contributed by atoms with van der Waals surface area (Å²) in [4.78, 5) is 0. The van der Waals surface area contributed by atoms with E-state index in [1.807, 2.05) is 0 Å². The molecule has 19 heavy (non-hydrogen) atoms. The van der Waals surface area contributed by atoms with Gasteiger partial charge in [0.25, 0.3) is 0 Å². The lowest BCUT2D eigenvalue weighted by molar-refractivity contribution is -0.910. The highest BCUT2D eigenvalue weighted by Gasteiger charge is 2.20. The standard InChI is InChI=1S/C12H28NO.BF4/c1-5-7-9-13(3,10-8-6-2)11-12-14-4;2-1(3,4)5/h5-12H2,1-4H3;/q+1;-1. The topological polar surface area (TPSA) is 9.23 Å². The number of ether oxygens (including phenoxy) is 1. The average Bonchev–Trinajstić information content (AvgIpc) is 2.30. The lowest BCUT2D eigenvalue weighted by Gasteiger charge is -2.34. The van der Waals surface area contributed by atoms with Crippen LogP contribution < -0.4 is 0 Å². The molecule has 0 aromatic carbocycles. The van der Waals surface area contributed by atoms with Gasteiger partial charge in [-0.2, -0.15) is 0 Å². The number of methoxy groups -OCH3 is 1. The van der Waals surface area contributed by atoms with E-state index in [1.165, 1.54) is 43.3 Å². The van der Waals surface area contributed by atoms with E-state index in [1.54, 1.807) is 7.11 Å². The Bertz CT molecular complexity index is 175. The Morgan fingerprint density at radius 2 is 1.26 bits per heavy atom. The van der Waals surface area contributed by atoms with Crippen molar-refractivity contribution >= 4 is 7.25 Å². The molecule has 0 aliphatic rings. The van der Waals surface area contributed by atoms with Crippen LogP contribution in [0.3, 0.4) is 0 Å². The van der Waals surface area contributed by atoms with E-state index < -0.39 is 7.25 Å². The minimum absolute atomic E-state index is 0.893. The molecule has 0 heterocycles. The van der Waals surface area contributed by atoms with E-state index in [4.69, 9.17) is 4.74 Å². The summed E-state index contributed by atoms with van der Waals surface area (Å²) < 4.78 is 45.4. The number of hydrogen-bond acceptors (Lipinski definition) is 1. The van der Waals surface area contributed by atoms with Crippen molar-refractivity contribution in [1.82, 2.24) is 0 Å². The quantitative estimate of drug-likeness (QED) is 0.354. The maximum absolute atomic E-state index is 9.75. The first kappa shape index (κ1) is 21.0. The minimum atomic E-state index is -6.00. The fraction of sp³-hybridized carbons (Fsp3) is 1.00. The highest BCUT2D eigenvalue weighted by molar-refractivity contribution is 6.50. The molecule has 0 aliphatic heterocycles. The number of quaternary nitrogens is 1. The zero-order chi connectivity index (χ0) is 15.4. The summed E-state index contributed by atoms with van der Waals surface area (Å²) in [6.45, 7) is 9.20. The molecule has 0 saturated carbocycles. The monoisotopic (exact) mass is 289 g/mol. The molecule has 0 N–H and O–H groups in total. The lowest BCUT2D eigenvalue weighted by Crippen LogP contribution is -2.47. The normalized spacial score (nSPS) is 12.0. The van der Waals surface area contributed by atoms with Gasteiger partial charge in [-0.25, -0.2) is 0 Å². The first-order valence-corrected chi connectivity index (χ1v) is 6.88. The maximum atomic E-state index is 9.75. The van der Waals surface area contributed by atoms with Crippen LogP contribution in [-0.2, 0) is 4.74 Å². The number of nitrogens with zero attached hydrogens (tertiary/aromatic N) is 1. The van der Waals surface area contributed by atoms with Crippen molar-refractivity contribution in [2.45, 2.75) is 39.5 Å². The summed E-state index contributed by atoms with van der Waals surface area (Å²) in [6.07, 6.45) is 5.27. The van der Waals surface area contributed by atoms with Crippen molar-refractivity contribution in [2.75, 3.05) is 40.4 Å². The van der Waals surface area contributed by atoms with Crippen molar-refractivity contribution in [2.24, 2.45) is 0 Å². The van der Waals surface area contributed by atoms with Crippen molar-refractivity contribution < 1.29 is 26.5 Å². The predicted molar refractivity (Wildman–Crippen MR) is 72.7 cm³/mol. The van der Waals surface area contributed by atoms with Gasteiger partial charge in [0.1, 0.15) is 6.54 Å². The van der Waals surface area contributed by atoms with Gasteiger partial charge in [-0.1, -0.05) is 26.7 Å². The van der Waals surface area contributed by atoms with Crippen molar-refractivity contribution in [1.29, 1.82) is 0 Å². The molecule has 7 heteroatoms. The van der Waals surface area contributed by atoms with Crippen LogP contribution in [0.1, 0.15) is 39.5 Å². The first-order valence-electron chi connectivity index (χ1n) is 6.88. The molecule has 0 radical (unpaired) electrons. The number of likely N-dealkylation sites (N-methyl/N-ethyl adjacent to an activating group) is 1. The molecule has 0 aromatic heterocycles. The van der Waals surface area contributed by atoms with Crippen LogP contribution in [0.25, 0.3) is 0 Å². The zero-order valence-corrected chi connectivity index (χ0v) is 12.6. The summed E-state index contributed by atoms with van der Waals surface area (Å²) >= 11 is 0. The van der Waals surface area contributed by atoms with Crippen molar-refractivity contribution in [3.05, 3.63) is 0 Å². The lowest BCUT2D eigenvalue weighted by atomic mass is 10.2. The third kappa shape index (κ3) is 20.2. The summed E-state index contributed by atoms with van der Waals surface area (Å²) in [5.74, 6) is 0. The Hall–Kier alpha value is -0.295. The second kappa shape index (κ2) is 11.5. The van der Waals surface area contributed by atoms with Crippen LogP contribution in [0.5, 0.6) is 0 Å². The number of rotatable bonds is 9. The Morgan fingerprint density at radius 1 is 0.895 bits per heavy atom. The van der Waals surface area contributed by atoms with Gasteiger partial charge in [0.15, 0.2) is 0 Å². The molecular formula is C12H28BF4NO.